The van der Waals surface area contributed by atoms with Gasteiger partial charge in [0.1, 0.15) is 5.75 Å². The summed E-state index contributed by atoms with van der Waals surface area (Å²) in [6.07, 6.45) is -0.0699. The molecule has 0 atom stereocenters. The summed E-state index contributed by atoms with van der Waals surface area (Å²) in [5, 5.41) is 0.358. The number of carbonyl (C=O) groups excluding carboxylic acids is 2. The topological polar surface area (TPSA) is 122 Å². The first-order valence-corrected chi connectivity index (χ1v) is 9.03. The van der Waals surface area contributed by atoms with Gasteiger partial charge in [-0.1, -0.05) is 12.1 Å². The smallest absolute Gasteiger partial charge is 0.328 e. The zero-order valence-electron chi connectivity index (χ0n) is 15.7. The van der Waals surface area contributed by atoms with Crippen LogP contribution in [0.5, 0.6) is 5.75 Å². The standard InChI is InChI=1S/C20H20N4O5/c1-2-29-14-9-7-13(8-10-14)18(26)23-22-17(25)11-12-24-16-6-4-3-5-15(16)19(27)21-20(24)28/h3-10H,2,11-12H2,1H3,(H,22,25)(H,23,26)(H,21,27,28). The number of hydrogen-bond donors (Lipinski definition) is 3. The fourth-order valence-corrected chi connectivity index (χ4v) is 2.81. The van der Waals surface area contributed by atoms with Crippen molar-refractivity contribution in [3.05, 3.63) is 74.9 Å². The molecule has 0 aliphatic heterocycles. The van der Waals surface area contributed by atoms with Crippen molar-refractivity contribution in [1.82, 2.24) is 20.4 Å². The van der Waals surface area contributed by atoms with Gasteiger partial charge in [-0.25, -0.2) is 4.79 Å². The van der Waals surface area contributed by atoms with Crippen LogP contribution in [-0.2, 0) is 11.3 Å². The van der Waals surface area contributed by atoms with E-state index in [1.54, 1.807) is 48.5 Å². The van der Waals surface area contributed by atoms with Crippen LogP contribution in [0.25, 0.3) is 10.9 Å². The molecule has 9 heteroatoms. The number of para-hydroxylation sites is 1. The van der Waals surface area contributed by atoms with Crippen LogP contribution >= 0.6 is 0 Å². The van der Waals surface area contributed by atoms with Crippen molar-refractivity contribution in [2.24, 2.45) is 0 Å². The fraction of sp³-hybridized carbons (Fsp3) is 0.200. The Labute approximate surface area is 165 Å². The first-order chi connectivity index (χ1) is 14.0. The van der Waals surface area contributed by atoms with Gasteiger partial charge in [0.05, 0.1) is 17.5 Å². The zero-order valence-corrected chi connectivity index (χ0v) is 15.7. The minimum atomic E-state index is -0.597. The van der Waals surface area contributed by atoms with E-state index < -0.39 is 23.1 Å². The minimum absolute atomic E-state index is 0.0425. The SMILES string of the molecule is CCOc1ccc(C(=O)NNC(=O)CCn2c(=O)[nH]c(=O)c3ccccc32)cc1. The maximum atomic E-state index is 12.1. The third kappa shape index (κ3) is 4.70. The highest BCUT2D eigenvalue weighted by molar-refractivity contribution is 5.95. The second kappa shape index (κ2) is 8.87. The lowest BCUT2D eigenvalue weighted by atomic mass is 10.2. The Morgan fingerprint density at radius 1 is 1.03 bits per heavy atom. The Morgan fingerprint density at radius 3 is 2.48 bits per heavy atom. The summed E-state index contributed by atoms with van der Waals surface area (Å²) in [5.74, 6) is -0.314. The lowest BCUT2D eigenvalue weighted by molar-refractivity contribution is -0.122. The largest absolute Gasteiger partial charge is 0.494 e. The van der Waals surface area contributed by atoms with Crippen LogP contribution in [-0.4, -0.2) is 28.0 Å². The van der Waals surface area contributed by atoms with Gasteiger partial charge in [-0.2, -0.15) is 0 Å². The molecule has 2 amide bonds. The summed E-state index contributed by atoms with van der Waals surface area (Å²) in [4.78, 5) is 50.3. The molecule has 0 bridgehead atoms. The van der Waals surface area contributed by atoms with E-state index in [0.717, 1.165) is 0 Å². The van der Waals surface area contributed by atoms with Crippen LogP contribution < -0.4 is 26.8 Å². The van der Waals surface area contributed by atoms with Gasteiger partial charge < -0.3 is 4.74 Å². The molecular weight excluding hydrogens is 376 g/mol. The summed E-state index contributed by atoms with van der Waals surface area (Å²) in [7, 11) is 0. The molecule has 0 fully saturated rings. The van der Waals surface area contributed by atoms with Crippen molar-refractivity contribution >= 4 is 22.7 Å². The lowest BCUT2D eigenvalue weighted by Gasteiger charge is -2.10. The number of nitrogens with zero attached hydrogens (tertiary/aromatic N) is 1. The summed E-state index contributed by atoms with van der Waals surface area (Å²) in [5.41, 5.74) is 4.36. The van der Waals surface area contributed by atoms with Gasteiger partial charge in [-0.3, -0.25) is 34.8 Å². The molecule has 29 heavy (non-hydrogen) atoms. The number of hydrazine groups is 1. The first-order valence-electron chi connectivity index (χ1n) is 9.03. The summed E-state index contributed by atoms with van der Waals surface area (Å²) >= 11 is 0. The van der Waals surface area contributed by atoms with Gasteiger partial charge in [-0.15, -0.1) is 0 Å². The van der Waals surface area contributed by atoms with E-state index >= 15 is 0 Å². The van der Waals surface area contributed by atoms with Gasteiger partial charge in [0, 0.05) is 18.5 Å². The van der Waals surface area contributed by atoms with Crippen LogP contribution in [0.1, 0.15) is 23.7 Å². The first kappa shape index (κ1) is 19.9. The molecule has 0 spiro atoms. The third-order valence-electron chi connectivity index (χ3n) is 4.21. The van der Waals surface area contributed by atoms with Crippen molar-refractivity contribution in [2.45, 2.75) is 19.9 Å². The van der Waals surface area contributed by atoms with Crippen molar-refractivity contribution in [1.29, 1.82) is 0 Å². The molecule has 0 aliphatic rings. The highest BCUT2D eigenvalue weighted by Gasteiger charge is 2.11. The lowest BCUT2D eigenvalue weighted by Crippen LogP contribution is -2.42. The van der Waals surface area contributed by atoms with Crippen molar-refractivity contribution in [2.75, 3.05) is 6.61 Å². The Hall–Kier alpha value is -3.88. The van der Waals surface area contributed by atoms with Gasteiger partial charge in [0.15, 0.2) is 0 Å². The van der Waals surface area contributed by atoms with Crippen molar-refractivity contribution in [3.63, 3.8) is 0 Å². The van der Waals surface area contributed by atoms with Crippen LogP contribution in [0.15, 0.2) is 58.1 Å². The fourth-order valence-electron chi connectivity index (χ4n) is 2.81. The van der Waals surface area contributed by atoms with E-state index in [0.29, 0.717) is 28.8 Å². The zero-order chi connectivity index (χ0) is 20.8. The van der Waals surface area contributed by atoms with E-state index in [-0.39, 0.29) is 13.0 Å². The van der Waals surface area contributed by atoms with Gasteiger partial charge in [0.25, 0.3) is 11.5 Å². The number of benzene rings is 2. The average Bonchev–Trinajstić information content (AvgIpc) is 2.72. The number of H-pyrrole nitrogens is 1. The number of ether oxygens (including phenoxy) is 1. The van der Waals surface area contributed by atoms with Crippen LogP contribution in [0.2, 0.25) is 0 Å². The molecule has 0 aliphatic carbocycles. The molecule has 150 valence electrons. The van der Waals surface area contributed by atoms with E-state index in [2.05, 4.69) is 15.8 Å². The number of aryl methyl sites for hydroxylation is 1. The third-order valence-corrected chi connectivity index (χ3v) is 4.21. The predicted octanol–water partition coefficient (Wildman–Crippen LogP) is 0.940. The summed E-state index contributed by atoms with van der Waals surface area (Å²) in [6, 6.07) is 13.1. The monoisotopic (exact) mass is 396 g/mol. The Kier molecular flexibility index (Phi) is 6.08. The normalized spacial score (nSPS) is 10.5. The van der Waals surface area contributed by atoms with Crippen molar-refractivity contribution < 1.29 is 14.3 Å². The molecule has 0 radical (unpaired) electrons. The maximum absolute atomic E-state index is 12.1. The molecule has 1 heterocycles. The van der Waals surface area contributed by atoms with Crippen LogP contribution in [0, 0.1) is 0 Å². The molecule has 2 aromatic carbocycles. The minimum Gasteiger partial charge on any atom is -0.494 e. The summed E-state index contributed by atoms with van der Waals surface area (Å²) in [6.45, 7) is 2.43. The van der Waals surface area contributed by atoms with Crippen LogP contribution in [0.3, 0.4) is 0 Å². The number of aromatic amines is 1. The second-order valence-electron chi connectivity index (χ2n) is 6.14. The molecule has 3 N–H and O–H groups in total. The molecule has 0 unspecified atom stereocenters. The highest BCUT2D eigenvalue weighted by atomic mass is 16.5. The van der Waals surface area contributed by atoms with Crippen molar-refractivity contribution in [3.8, 4) is 5.75 Å². The number of fused-ring (bicyclic) bond motifs is 1. The number of aromatic nitrogens is 2. The Balaban J connectivity index is 1.59. The van der Waals surface area contributed by atoms with E-state index in [1.807, 2.05) is 6.92 Å². The molecule has 3 aromatic rings. The number of rotatable bonds is 6. The predicted molar refractivity (Wildman–Crippen MR) is 107 cm³/mol. The van der Waals surface area contributed by atoms with E-state index in [1.165, 1.54) is 4.57 Å². The molecule has 1 aromatic heterocycles. The van der Waals surface area contributed by atoms with Gasteiger partial charge in [-0.05, 0) is 43.3 Å². The number of nitrogens with one attached hydrogen (secondary N) is 3. The molecule has 9 nitrogen and oxygen atoms in total. The second-order valence-corrected chi connectivity index (χ2v) is 6.14. The highest BCUT2D eigenvalue weighted by Crippen LogP contribution is 2.11. The van der Waals surface area contributed by atoms with Crippen LogP contribution in [0.4, 0.5) is 0 Å². The van der Waals surface area contributed by atoms with Gasteiger partial charge >= 0.3 is 5.69 Å². The maximum Gasteiger partial charge on any atom is 0.328 e. The average molecular weight is 396 g/mol. The molecule has 3 rings (SSSR count). The van der Waals surface area contributed by atoms with Gasteiger partial charge in [0.2, 0.25) is 5.91 Å². The molecule has 0 saturated carbocycles. The number of carbonyl (C=O) groups is 2. The Morgan fingerprint density at radius 2 is 1.76 bits per heavy atom. The molecule has 0 saturated heterocycles. The number of hydrogen-bond acceptors (Lipinski definition) is 5. The van der Waals surface area contributed by atoms with E-state index in [9.17, 15) is 19.2 Å². The van der Waals surface area contributed by atoms with E-state index in [4.69, 9.17) is 4.74 Å². The molecular formula is C20H20N4O5. The quantitative estimate of drug-likeness (QED) is 0.535. The Bertz CT molecular complexity index is 1150. The number of amides is 2. The summed E-state index contributed by atoms with van der Waals surface area (Å²) < 4.78 is 6.62.